The third-order valence-corrected chi connectivity index (χ3v) is 2.93. The Labute approximate surface area is 69.0 Å². The van der Waals surface area contributed by atoms with E-state index in [0.717, 1.165) is 17.8 Å². The zero-order chi connectivity index (χ0) is 7.84. The first-order valence-electron chi connectivity index (χ1n) is 4.67. The van der Waals surface area contributed by atoms with E-state index in [0.29, 0.717) is 0 Å². The first-order valence-corrected chi connectivity index (χ1v) is 4.67. The topological polar surface area (TPSA) is 0 Å². The fraction of sp³-hybridized carbons (Fsp3) is 0.636. The van der Waals surface area contributed by atoms with Gasteiger partial charge in [0.05, 0.1) is 0 Å². The van der Waals surface area contributed by atoms with Crippen LogP contribution in [0.5, 0.6) is 0 Å². The summed E-state index contributed by atoms with van der Waals surface area (Å²) in [4.78, 5) is 0. The molecular weight excluding hydrogens is 132 g/mol. The maximum absolute atomic E-state index is 2.46. The second-order valence-corrected chi connectivity index (χ2v) is 4.02. The van der Waals surface area contributed by atoms with E-state index in [2.05, 4.69) is 32.1 Å². The van der Waals surface area contributed by atoms with E-state index < -0.39 is 0 Å². The van der Waals surface area contributed by atoms with Gasteiger partial charge in [-0.15, -0.1) is 0 Å². The van der Waals surface area contributed by atoms with E-state index in [1.54, 1.807) is 5.57 Å². The van der Waals surface area contributed by atoms with Gasteiger partial charge in [-0.1, -0.05) is 32.1 Å². The Morgan fingerprint density at radius 3 is 2.45 bits per heavy atom. The molecule has 0 bridgehead atoms. The molecule has 0 radical (unpaired) electrons. The number of allylic oxidation sites excluding steroid dienone is 4. The van der Waals surface area contributed by atoms with Crippen molar-refractivity contribution in [3.05, 3.63) is 23.8 Å². The largest absolute Gasteiger partial charge is 0.0808 e. The van der Waals surface area contributed by atoms with Crippen molar-refractivity contribution < 1.29 is 0 Å². The zero-order valence-corrected chi connectivity index (χ0v) is 7.38. The molecule has 0 spiro atoms. The fourth-order valence-electron chi connectivity index (χ4n) is 1.64. The van der Waals surface area contributed by atoms with Gasteiger partial charge in [-0.3, -0.25) is 0 Å². The predicted octanol–water partition coefficient (Wildman–Crippen LogP) is 3.16. The van der Waals surface area contributed by atoms with Crippen molar-refractivity contribution in [2.75, 3.05) is 0 Å². The van der Waals surface area contributed by atoms with Crippen LogP contribution in [0, 0.1) is 17.8 Å². The predicted molar refractivity (Wildman–Crippen MR) is 48.3 cm³/mol. The second kappa shape index (κ2) is 2.51. The van der Waals surface area contributed by atoms with Crippen molar-refractivity contribution in [1.82, 2.24) is 0 Å². The lowest BCUT2D eigenvalue weighted by Gasteiger charge is -2.18. The Kier molecular flexibility index (Phi) is 1.63. The molecule has 0 saturated heterocycles. The zero-order valence-electron chi connectivity index (χ0n) is 7.38. The summed E-state index contributed by atoms with van der Waals surface area (Å²) in [6, 6.07) is 0. The quantitative estimate of drug-likeness (QED) is 0.536. The van der Waals surface area contributed by atoms with Crippen LogP contribution in [-0.2, 0) is 0 Å². The van der Waals surface area contributed by atoms with Gasteiger partial charge in [0.15, 0.2) is 0 Å². The first kappa shape index (κ1) is 7.15. The second-order valence-electron chi connectivity index (χ2n) is 4.02. The molecule has 0 amide bonds. The Morgan fingerprint density at radius 1 is 1.18 bits per heavy atom. The molecule has 0 heterocycles. The summed E-state index contributed by atoms with van der Waals surface area (Å²) in [6.07, 6.45) is 10.0. The molecule has 0 aromatic carbocycles. The maximum Gasteiger partial charge on any atom is -0.0165 e. The van der Waals surface area contributed by atoms with E-state index in [9.17, 15) is 0 Å². The number of rotatable bonds is 1. The van der Waals surface area contributed by atoms with Gasteiger partial charge in [-0.25, -0.2) is 0 Å². The third kappa shape index (κ3) is 1.40. The van der Waals surface area contributed by atoms with Crippen LogP contribution in [0.1, 0.15) is 26.7 Å². The summed E-state index contributed by atoms with van der Waals surface area (Å²) in [5, 5.41) is 0. The molecule has 2 atom stereocenters. The highest BCUT2D eigenvalue weighted by Gasteiger charge is 2.26. The minimum atomic E-state index is 0.748. The maximum atomic E-state index is 2.46. The fourth-order valence-corrected chi connectivity index (χ4v) is 1.64. The molecule has 2 rings (SSSR count). The molecule has 1 saturated carbocycles. The van der Waals surface area contributed by atoms with Crippen molar-refractivity contribution in [2.45, 2.75) is 26.7 Å². The summed E-state index contributed by atoms with van der Waals surface area (Å²) < 4.78 is 0. The van der Waals surface area contributed by atoms with E-state index in [4.69, 9.17) is 0 Å². The van der Waals surface area contributed by atoms with Gasteiger partial charge in [-0.05, 0) is 36.2 Å². The van der Waals surface area contributed by atoms with Crippen molar-refractivity contribution in [3.8, 4) is 0 Å². The highest BCUT2D eigenvalue weighted by molar-refractivity contribution is 5.30. The van der Waals surface area contributed by atoms with Crippen LogP contribution in [0.4, 0.5) is 0 Å². The van der Waals surface area contributed by atoms with Crippen molar-refractivity contribution in [2.24, 2.45) is 17.8 Å². The molecule has 2 aliphatic rings. The number of hydrogen-bond acceptors (Lipinski definition) is 0. The van der Waals surface area contributed by atoms with Gasteiger partial charge in [0.25, 0.3) is 0 Å². The number of hydrogen-bond donors (Lipinski definition) is 0. The third-order valence-electron chi connectivity index (χ3n) is 2.93. The molecule has 0 aliphatic heterocycles. The van der Waals surface area contributed by atoms with E-state index >= 15 is 0 Å². The summed E-state index contributed by atoms with van der Waals surface area (Å²) in [6.45, 7) is 4.61. The SMILES string of the molecule is C[C@@H]1C=C(C2CC2)C=C[C@@H]1C. The minimum Gasteiger partial charge on any atom is -0.0808 e. The average Bonchev–Trinajstić information content (AvgIpc) is 2.77. The van der Waals surface area contributed by atoms with Crippen LogP contribution in [-0.4, -0.2) is 0 Å². The molecule has 1 fully saturated rings. The van der Waals surface area contributed by atoms with Crippen LogP contribution in [0.25, 0.3) is 0 Å². The van der Waals surface area contributed by atoms with Crippen molar-refractivity contribution in [3.63, 3.8) is 0 Å². The van der Waals surface area contributed by atoms with Crippen LogP contribution in [0.2, 0.25) is 0 Å². The van der Waals surface area contributed by atoms with Gasteiger partial charge in [-0.2, -0.15) is 0 Å². The molecule has 0 N–H and O–H groups in total. The molecule has 0 unspecified atom stereocenters. The molecule has 0 aromatic rings. The van der Waals surface area contributed by atoms with Crippen molar-refractivity contribution >= 4 is 0 Å². The molecule has 0 aromatic heterocycles. The van der Waals surface area contributed by atoms with Gasteiger partial charge < -0.3 is 0 Å². The summed E-state index contributed by atoms with van der Waals surface area (Å²) in [5.41, 5.74) is 1.61. The lowest BCUT2D eigenvalue weighted by molar-refractivity contribution is 0.545. The summed E-state index contributed by atoms with van der Waals surface area (Å²) in [5.74, 6) is 2.44. The monoisotopic (exact) mass is 148 g/mol. The molecular formula is C11H16. The Bertz CT molecular complexity index is 206. The van der Waals surface area contributed by atoms with Crippen molar-refractivity contribution in [1.29, 1.82) is 0 Å². The summed E-state index contributed by atoms with van der Waals surface area (Å²) in [7, 11) is 0. The van der Waals surface area contributed by atoms with E-state index in [1.807, 2.05) is 0 Å². The van der Waals surface area contributed by atoms with Crippen LogP contribution in [0.15, 0.2) is 23.8 Å². The van der Waals surface area contributed by atoms with Crippen LogP contribution in [0.3, 0.4) is 0 Å². The molecule has 2 aliphatic carbocycles. The van der Waals surface area contributed by atoms with Gasteiger partial charge >= 0.3 is 0 Å². The molecule has 60 valence electrons. The van der Waals surface area contributed by atoms with Crippen LogP contribution < -0.4 is 0 Å². The Balaban J connectivity index is 2.11. The van der Waals surface area contributed by atoms with Gasteiger partial charge in [0.1, 0.15) is 0 Å². The van der Waals surface area contributed by atoms with E-state index in [1.165, 1.54) is 12.8 Å². The Morgan fingerprint density at radius 2 is 1.91 bits per heavy atom. The average molecular weight is 148 g/mol. The molecule has 0 nitrogen and oxygen atoms in total. The van der Waals surface area contributed by atoms with Gasteiger partial charge in [0, 0.05) is 0 Å². The standard InChI is InChI=1S/C11H16/c1-8-3-4-11(7-9(8)2)10-5-6-10/h3-4,7-10H,5-6H2,1-2H3/t8-,9+/m0/s1. The smallest absolute Gasteiger partial charge is 0.0165 e. The summed E-state index contributed by atoms with van der Waals surface area (Å²) >= 11 is 0. The van der Waals surface area contributed by atoms with Gasteiger partial charge in [0.2, 0.25) is 0 Å². The minimum absolute atomic E-state index is 0.748. The van der Waals surface area contributed by atoms with Crippen LogP contribution >= 0.6 is 0 Å². The lowest BCUT2D eigenvalue weighted by atomic mass is 9.87. The normalized spacial score (nSPS) is 37.1. The highest BCUT2D eigenvalue weighted by Crippen LogP contribution is 2.40. The first-order chi connectivity index (χ1) is 5.27. The molecule has 11 heavy (non-hydrogen) atoms. The molecule has 0 heteroatoms. The lowest BCUT2D eigenvalue weighted by Crippen LogP contribution is -2.07. The Hall–Kier alpha value is -0.520. The highest BCUT2D eigenvalue weighted by atomic mass is 14.3. The van der Waals surface area contributed by atoms with E-state index in [-0.39, 0.29) is 0 Å².